The van der Waals surface area contributed by atoms with Crippen LogP contribution in [0.4, 0.5) is 0 Å². The fourth-order valence-corrected chi connectivity index (χ4v) is 2.78. The molecule has 1 unspecified atom stereocenters. The molecular weight excluding hydrogens is 389 g/mol. The van der Waals surface area contributed by atoms with E-state index in [9.17, 15) is 4.79 Å². The van der Waals surface area contributed by atoms with E-state index in [-0.39, 0.29) is 11.9 Å². The first-order chi connectivity index (χ1) is 12.9. The van der Waals surface area contributed by atoms with Crippen molar-refractivity contribution in [1.82, 2.24) is 5.32 Å². The first-order valence-corrected chi connectivity index (χ1v) is 8.88. The van der Waals surface area contributed by atoms with Crippen LogP contribution in [0.2, 0.25) is 10.0 Å². The van der Waals surface area contributed by atoms with Gasteiger partial charge in [0, 0.05) is 17.7 Å². The van der Waals surface area contributed by atoms with E-state index < -0.39 is 0 Å². The van der Waals surface area contributed by atoms with E-state index in [1.54, 1.807) is 51.7 Å². The van der Waals surface area contributed by atoms with Crippen LogP contribution in [-0.4, -0.2) is 27.2 Å². The molecule has 7 heteroatoms. The Bertz CT molecular complexity index is 852. The molecule has 144 valence electrons. The molecule has 0 radical (unpaired) electrons. The molecule has 0 aliphatic heterocycles. The number of methoxy groups -OCH3 is 3. The zero-order chi connectivity index (χ0) is 20.0. The number of hydrogen-bond donors (Lipinski definition) is 1. The second-order valence-electron chi connectivity index (χ2n) is 5.69. The summed E-state index contributed by atoms with van der Waals surface area (Å²) in [5.74, 6) is 1.39. The van der Waals surface area contributed by atoms with Gasteiger partial charge >= 0.3 is 0 Å². The van der Waals surface area contributed by atoms with Crippen LogP contribution in [0.5, 0.6) is 17.2 Å². The summed E-state index contributed by atoms with van der Waals surface area (Å²) in [6.07, 6.45) is 3.08. The average molecular weight is 410 g/mol. The molecule has 0 saturated carbocycles. The first-order valence-electron chi connectivity index (χ1n) is 8.13. The fraction of sp³-hybridized carbons (Fsp3) is 0.250. The molecule has 0 aliphatic rings. The van der Waals surface area contributed by atoms with Gasteiger partial charge in [-0.2, -0.15) is 0 Å². The van der Waals surface area contributed by atoms with Gasteiger partial charge < -0.3 is 19.5 Å². The van der Waals surface area contributed by atoms with Crippen LogP contribution in [-0.2, 0) is 4.79 Å². The lowest BCUT2D eigenvalue weighted by atomic mass is 10.1. The molecule has 1 amide bonds. The first kappa shape index (κ1) is 20.9. The molecule has 0 saturated heterocycles. The summed E-state index contributed by atoms with van der Waals surface area (Å²) in [6, 6.07) is 8.46. The van der Waals surface area contributed by atoms with Crippen LogP contribution in [0.3, 0.4) is 0 Å². The predicted octanol–water partition coefficient (Wildman–Crippen LogP) is 4.91. The maximum absolute atomic E-state index is 12.3. The highest BCUT2D eigenvalue weighted by Crippen LogP contribution is 2.35. The molecule has 2 aromatic rings. The number of carbonyl (C=O) groups is 1. The quantitative estimate of drug-likeness (QED) is 0.659. The van der Waals surface area contributed by atoms with Gasteiger partial charge in [-0.3, -0.25) is 4.79 Å². The lowest BCUT2D eigenvalue weighted by Gasteiger charge is -2.14. The highest BCUT2D eigenvalue weighted by atomic mass is 35.5. The SMILES string of the molecule is COc1cc(OC)c(OC)cc1/C=C/C(=O)NC(C)c1ccc(Cl)c(Cl)c1. The van der Waals surface area contributed by atoms with Crippen molar-refractivity contribution in [2.24, 2.45) is 0 Å². The van der Waals surface area contributed by atoms with Gasteiger partial charge in [0.15, 0.2) is 11.5 Å². The van der Waals surface area contributed by atoms with Crippen LogP contribution >= 0.6 is 23.2 Å². The minimum Gasteiger partial charge on any atom is -0.496 e. The number of benzene rings is 2. The van der Waals surface area contributed by atoms with E-state index in [1.807, 2.05) is 13.0 Å². The lowest BCUT2D eigenvalue weighted by Crippen LogP contribution is -2.24. The van der Waals surface area contributed by atoms with Crippen LogP contribution in [0, 0.1) is 0 Å². The van der Waals surface area contributed by atoms with Crippen molar-refractivity contribution < 1.29 is 19.0 Å². The minimum atomic E-state index is -0.259. The molecule has 2 rings (SSSR count). The van der Waals surface area contributed by atoms with Crippen molar-refractivity contribution >= 4 is 35.2 Å². The van der Waals surface area contributed by atoms with Crippen molar-refractivity contribution in [3.05, 3.63) is 57.6 Å². The minimum absolute atomic E-state index is 0.232. The molecule has 0 heterocycles. The molecule has 0 fully saturated rings. The number of nitrogens with one attached hydrogen (secondary N) is 1. The van der Waals surface area contributed by atoms with Crippen LogP contribution in [0.25, 0.3) is 6.08 Å². The Balaban J connectivity index is 2.14. The molecule has 0 spiro atoms. The zero-order valence-corrected chi connectivity index (χ0v) is 17.0. The fourth-order valence-electron chi connectivity index (χ4n) is 2.48. The Labute approximate surface area is 168 Å². The average Bonchev–Trinajstić information content (AvgIpc) is 2.67. The van der Waals surface area contributed by atoms with E-state index in [2.05, 4.69) is 5.32 Å². The number of amides is 1. The zero-order valence-electron chi connectivity index (χ0n) is 15.5. The molecule has 0 aliphatic carbocycles. The molecule has 0 bridgehead atoms. The summed E-state index contributed by atoms with van der Waals surface area (Å²) in [5, 5.41) is 3.79. The van der Waals surface area contributed by atoms with Crippen LogP contribution in [0.1, 0.15) is 24.1 Å². The van der Waals surface area contributed by atoms with Crippen molar-refractivity contribution in [3.8, 4) is 17.2 Å². The monoisotopic (exact) mass is 409 g/mol. The van der Waals surface area contributed by atoms with Crippen LogP contribution < -0.4 is 19.5 Å². The molecular formula is C20H21Cl2NO4. The lowest BCUT2D eigenvalue weighted by molar-refractivity contribution is -0.117. The maximum atomic E-state index is 12.3. The van der Waals surface area contributed by atoms with Crippen molar-refractivity contribution in [3.63, 3.8) is 0 Å². The van der Waals surface area contributed by atoms with Gasteiger partial charge in [0.1, 0.15) is 5.75 Å². The molecule has 1 N–H and O–H groups in total. The second kappa shape index (κ2) is 9.53. The number of carbonyl (C=O) groups excluding carboxylic acids is 1. The second-order valence-corrected chi connectivity index (χ2v) is 6.50. The predicted molar refractivity (Wildman–Crippen MR) is 108 cm³/mol. The third-order valence-electron chi connectivity index (χ3n) is 3.95. The van der Waals surface area contributed by atoms with Gasteiger partial charge in [-0.05, 0) is 36.8 Å². The van der Waals surface area contributed by atoms with Gasteiger partial charge in [-0.25, -0.2) is 0 Å². The number of hydrogen-bond acceptors (Lipinski definition) is 4. The highest BCUT2D eigenvalue weighted by molar-refractivity contribution is 6.42. The van der Waals surface area contributed by atoms with Crippen molar-refractivity contribution in [2.75, 3.05) is 21.3 Å². The van der Waals surface area contributed by atoms with Gasteiger partial charge in [0.25, 0.3) is 0 Å². The van der Waals surface area contributed by atoms with Gasteiger partial charge in [-0.15, -0.1) is 0 Å². The highest BCUT2D eigenvalue weighted by Gasteiger charge is 2.12. The normalized spacial score (nSPS) is 11.9. The van der Waals surface area contributed by atoms with Gasteiger partial charge in [-0.1, -0.05) is 29.3 Å². The van der Waals surface area contributed by atoms with E-state index in [4.69, 9.17) is 37.4 Å². The third kappa shape index (κ3) is 5.31. The topological polar surface area (TPSA) is 56.8 Å². The van der Waals surface area contributed by atoms with Gasteiger partial charge in [0.05, 0.1) is 37.4 Å². The maximum Gasteiger partial charge on any atom is 0.244 e. The largest absolute Gasteiger partial charge is 0.496 e. The molecule has 2 aromatic carbocycles. The number of rotatable bonds is 7. The molecule has 27 heavy (non-hydrogen) atoms. The third-order valence-corrected chi connectivity index (χ3v) is 4.69. The van der Waals surface area contributed by atoms with E-state index in [0.29, 0.717) is 32.9 Å². The Hall–Kier alpha value is -2.37. The Kier molecular flexibility index (Phi) is 7.39. The van der Waals surface area contributed by atoms with E-state index >= 15 is 0 Å². The summed E-state index contributed by atoms with van der Waals surface area (Å²) in [4.78, 5) is 12.3. The molecule has 5 nitrogen and oxygen atoms in total. The summed E-state index contributed by atoms with van der Waals surface area (Å²) < 4.78 is 15.9. The van der Waals surface area contributed by atoms with E-state index in [0.717, 1.165) is 5.56 Å². The molecule has 0 aromatic heterocycles. The smallest absolute Gasteiger partial charge is 0.244 e. The van der Waals surface area contributed by atoms with Gasteiger partial charge in [0.2, 0.25) is 5.91 Å². The Morgan fingerprint density at radius 2 is 1.59 bits per heavy atom. The standard InChI is InChI=1S/C20H21Cl2NO4/c1-12(13-5-7-15(21)16(22)9-13)23-20(24)8-6-14-10-18(26-3)19(27-4)11-17(14)25-2/h5-12H,1-4H3,(H,23,24)/b8-6+. The summed E-state index contributed by atoms with van der Waals surface area (Å²) in [7, 11) is 4.64. The van der Waals surface area contributed by atoms with Crippen molar-refractivity contribution in [2.45, 2.75) is 13.0 Å². The van der Waals surface area contributed by atoms with Crippen molar-refractivity contribution in [1.29, 1.82) is 0 Å². The Morgan fingerprint density at radius 1 is 0.963 bits per heavy atom. The number of halogens is 2. The van der Waals surface area contributed by atoms with Crippen LogP contribution in [0.15, 0.2) is 36.4 Å². The number of ether oxygens (including phenoxy) is 3. The van der Waals surface area contributed by atoms with E-state index in [1.165, 1.54) is 6.08 Å². The Morgan fingerprint density at radius 3 is 2.19 bits per heavy atom. The summed E-state index contributed by atoms with van der Waals surface area (Å²) in [6.45, 7) is 1.86. The summed E-state index contributed by atoms with van der Waals surface area (Å²) >= 11 is 11.9. The summed E-state index contributed by atoms with van der Waals surface area (Å²) in [5.41, 5.74) is 1.54. The molecule has 1 atom stereocenters.